The summed E-state index contributed by atoms with van der Waals surface area (Å²) in [5.41, 5.74) is 1.42. The van der Waals surface area contributed by atoms with E-state index in [0.29, 0.717) is 17.0 Å². The molecule has 0 spiro atoms. The second kappa shape index (κ2) is 8.18. The van der Waals surface area contributed by atoms with Gasteiger partial charge in [0.05, 0.1) is 10.5 Å². The summed E-state index contributed by atoms with van der Waals surface area (Å²) in [6.45, 7) is 4.68. The highest BCUT2D eigenvalue weighted by atomic mass is 32.2. The molecule has 22 heavy (non-hydrogen) atoms. The molecule has 0 saturated carbocycles. The van der Waals surface area contributed by atoms with E-state index in [4.69, 9.17) is 0 Å². The summed E-state index contributed by atoms with van der Waals surface area (Å²) in [4.78, 5) is 27.3. The van der Waals surface area contributed by atoms with Gasteiger partial charge in [-0.3, -0.25) is 14.5 Å². The lowest BCUT2D eigenvalue weighted by atomic mass is 10.1. The van der Waals surface area contributed by atoms with E-state index in [2.05, 4.69) is 6.92 Å². The molecular formula is C18H23NO2S. The summed E-state index contributed by atoms with van der Waals surface area (Å²) in [6, 6.07) is 9.52. The van der Waals surface area contributed by atoms with Gasteiger partial charge in [-0.2, -0.15) is 0 Å². The summed E-state index contributed by atoms with van der Waals surface area (Å²) in [5, 5.41) is 0. The molecule has 0 saturated heterocycles. The Hall–Kier alpha value is -1.55. The molecule has 1 heterocycles. The normalized spacial score (nSPS) is 15.1. The van der Waals surface area contributed by atoms with Crippen molar-refractivity contribution in [3.63, 3.8) is 0 Å². The number of unbranched alkanes of at least 4 members (excludes halogenated alkanes) is 3. The molecule has 1 aromatic carbocycles. The topological polar surface area (TPSA) is 37.4 Å². The quantitative estimate of drug-likeness (QED) is 0.535. The van der Waals surface area contributed by atoms with E-state index >= 15 is 0 Å². The van der Waals surface area contributed by atoms with E-state index in [-0.39, 0.29) is 11.8 Å². The van der Waals surface area contributed by atoms with Crippen molar-refractivity contribution < 1.29 is 9.59 Å². The lowest BCUT2D eigenvalue weighted by Gasteiger charge is -2.14. The fourth-order valence-electron chi connectivity index (χ4n) is 2.59. The SMILES string of the molecule is CCCCCCN1C(=O)C(SCC)=C(c2ccccc2)C1=O. The van der Waals surface area contributed by atoms with E-state index < -0.39 is 0 Å². The molecule has 0 unspecified atom stereocenters. The maximum Gasteiger partial charge on any atom is 0.267 e. The molecule has 0 aliphatic carbocycles. The van der Waals surface area contributed by atoms with Crippen molar-refractivity contribution in [2.75, 3.05) is 12.3 Å². The van der Waals surface area contributed by atoms with Gasteiger partial charge in [-0.15, -0.1) is 11.8 Å². The molecule has 0 bridgehead atoms. The van der Waals surface area contributed by atoms with E-state index in [9.17, 15) is 9.59 Å². The van der Waals surface area contributed by atoms with Crippen LogP contribution in [0.15, 0.2) is 35.2 Å². The zero-order valence-electron chi connectivity index (χ0n) is 13.3. The lowest BCUT2D eigenvalue weighted by Crippen LogP contribution is -2.32. The van der Waals surface area contributed by atoms with Crippen LogP contribution >= 0.6 is 11.8 Å². The number of amides is 2. The van der Waals surface area contributed by atoms with Crippen LogP contribution in [0.1, 0.15) is 45.1 Å². The summed E-state index contributed by atoms with van der Waals surface area (Å²) in [7, 11) is 0. The van der Waals surface area contributed by atoms with Gasteiger partial charge in [0, 0.05) is 6.54 Å². The Kier molecular flexibility index (Phi) is 6.25. The molecule has 4 heteroatoms. The van der Waals surface area contributed by atoms with Crippen molar-refractivity contribution in [3.8, 4) is 0 Å². The fourth-order valence-corrected chi connectivity index (χ4v) is 3.46. The van der Waals surface area contributed by atoms with Gasteiger partial charge in [-0.25, -0.2) is 0 Å². The maximum absolute atomic E-state index is 12.7. The first-order chi connectivity index (χ1) is 10.7. The highest BCUT2D eigenvalue weighted by Crippen LogP contribution is 2.35. The third kappa shape index (κ3) is 3.61. The maximum atomic E-state index is 12.7. The summed E-state index contributed by atoms with van der Waals surface area (Å²) < 4.78 is 0. The molecule has 0 N–H and O–H groups in total. The highest BCUT2D eigenvalue weighted by Gasteiger charge is 2.38. The number of hydrogen-bond acceptors (Lipinski definition) is 3. The molecular weight excluding hydrogens is 294 g/mol. The van der Waals surface area contributed by atoms with Crippen LogP contribution in [0.4, 0.5) is 0 Å². The highest BCUT2D eigenvalue weighted by molar-refractivity contribution is 8.04. The Bertz CT molecular complexity index is 566. The van der Waals surface area contributed by atoms with Crippen molar-refractivity contribution in [1.82, 2.24) is 4.90 Å². The summed E-state index contributed by atoms with van der Waals surface area (Å²) in [6.07, 6.45) is 4.24. The molecule has 2 rings (SSSR count). The predicted octanol–water partition coefficient (Wildman–Crippen LogP) is 4.10. The number of rotatable bonds is 8. The summed E-state index contributed by atoms with van der Waals surface area (Å²) >= 11 is 1.47. The Morgan fingerprint density at radius 3 is 2.32 bits per heavy atom. The second-order valence-corrected chi connectivity index (χ2v) is 6.60. The van der Waals surface area contributed by atoms with Crippen LogP contribution in [-0.4, -0.2) is 29.0 Å². The number of imide groups is 1. The van der Waals surface area contributed by atoms with Gasteiger partial charge in [0.25, 0.3) is 11.8 Å². The average molecular weight is 317 g/mol. The van der Waals surface area contributed by atoms with Gasteiger partial charge in [0.1, 0.15) is 0 Å². The average Bonchev–Trinajstić information content (AvgIpc) is 2.77. The Morgan fingerprint density at radius 1 is 0.955 bits per heavy atom. The molecule has 3 nitrogen and oxygen atoms in total. The predicted molar refractivity (Wildman–Crippen MR) is 92.4 cm³/mol. The van der Waals surface area contributed by atoms with E-state index in [1.54, 1.807) is 0 Å². The number of carbonyl (C=O) groups is 2. The monoisotopic (exact) mass is 317 g/mol. The Labute approximate surface area is 136 Å². The first kappa shape index (κ1) is 16.8. The first-order valence-electron chi connectivity index (χ1n) is 7.99. The number of thioether (sulfide) groups is 1. The van der Waals surface area contributed by atoms with Crippen LogP contribution in [0.5, 0.6) is 0 Å². The number of carbonyl (C=O) groups excluding carboxylic acids is 2. The van der Waals surface area contributed by atoms with Crippen LogP contribution in [0.25, 0.3) is 5.57 Å². The van der Waals surface area contributed by atoms with Crippen molar-refractivity contribution in [3.05, 3.63) is 40.8 Å². The van der Waals surface area contributed by atoms with E-state index in [0.717, 1.165) is 37.0 Å². The number of benzene rings is 1. The van der Waals surface area contributed by atoms with Crippen LogP contribution in [0.3, 0.4) is 0 Å². The van der Waals surface area contributed by atoms with Crippen LogP contribution in [0.2, 0.25) is 0 Å². The van der Waals surface area contributed by atoms with Crippen LogP contribution < -0.4 is 0 Å². The number of hydrogen-bond donors (Lipinski definition) is 0. The first-order valence-corrected chi connectivity index (χ1v) is 8.97. The lowest BCUT2D eigenvalue weighted by molar-refractivity contribution is -0.136. The molecule has 0 aromatic heterocycles. The fraction of sp³-hybridized carbons (Fsp3) is 0.444. The van der Waals surface area contributed by atoms with Gasteiger partial charge in [0.15, 0.2) is 0 Å². The molecule has 0 atom stereocenters. The van der Waals surface area contributed by atoms with Gasteiger partial charge < -0.3 is 0 Å². The van der Waals surface area contributed by atoms with Crippen molar-refractivity contribution in [2.45, 2.75) is 39.5 Å². The molecule has 1 aliphatic heterocycles. The third-order valence-corrected chi connectivity index (χ3v) is 4.67. The second-order valence-electron chi connectivity index (χ2n) is 5.33. The van der Waals surface area contributed by atoms with Crippen LogP contribution in [0, 0.1) is 0 Å². The molecule has 0 fully saturated rings. The largest absolute Gasteiger partial charge is 0.274 e. The smallest absolute Gasteiger partial charge is 0.267 e. The van der Waals surface area contributed by atoms with E-state index in [1.807, 2.05) is 37.3 Å². The van der Waals surface area contributed by atoms with Crippen molar-refractivity contribution >= 4 is 29.1 Å². The molecule has 1 aliphatic rings. The minimum absolute atomic E-state index is 0.118. The third-order valence-electron chi connectivity index (χ3n) is 3.71. The van der Waals surface area contributed by atoms with Gasteiger partial charge >= 0.3 is 0 Å². The zero-order valence-corrected chi connectivity index (χ0v) is 14.1. The van der Waals surface area contributed by atoms with Crippen molar-refractivity contribution in [2.24, 2.45) is 0 Å². The van der Waals surface area contributed by atoms with Gasteiger partial charge in [0.2, 0.25) is 0 Å². The number of nitrogens with zero attached hydrogens (tertiary/aromatic N) is 1. The summed E-state index contributed by atoms with van der Waals surface area (Å²) in [5.74, 6) is 0.532. The van der Waals surface area contributed by atoms with Gasteiger partial charge in [-0.05, 0) is 17.7 Å². The van der Waals surface area contributed by atoms with Crippen LogP contribution in [-0.2, 0) is 9.59 Å². The Balaban J connectivity index is 2.21. The van der Waals surface area contributed by atoms with Crippen molar-refractivity contribution in [1.29, 1.82) is 0 Å². The Morgan fingerprint density at radius 2 is 1.68 bits per heavy atom. The minimum atomic E-state index is -0.136. The molecule has 0 radical (unpaired) electrons. The molecule has 2 amide bonds. The molecule has 118 valence electrons. The zero-order chi connectivity index (χ0) is 15.9. The standard InChI is InChI=1S/C18H23NO2S/c1-3-5-6-10-13-19-17(20)15(14-11-8-7-9-12-14)16(18(19)21)22-4-2/h7-9,11-12H,3-6,10,13H2,1-2H3. The van der Waals surface area contributed by atoms with Gasteiger partial charge in [-0.1, -0.05) is 63.4 Å². The minimum Gasteiger partial charge on any atom is -0.274 e. The molecule has 1 aromatic rings. The van der Waals surface area contributed by atoms with E-state index in [1.165, 1.54) is 16.7 Å².